The lowest BCUT2D eigenvalue weighted by Gasteiger charge is -2.30. The highest BCUT2D eigenvalue weighted by Gasteiger charge is 2.38. The third kappa shape index (κ3) is 3.91. The van der Waals surface area contributed by atoms with Crippen LogP contribution in [0.2, 0.25) is 0 Å². The summed E-state index contributed by atoms with van der Waals surface area (Å²) < 4.78 is 2.41. The Bertz CT molecular complexity index is 2550. The molecular weight excluding hydrogens is 605 g/mol. The minimum Gasteiger partial charge on any atom is -0.310 e. The molecule has 2 aliphatic rings. The number of hydrogen-bond donors (Lipinski definition) is 0. The molecule has 2 aliphatic carbocycles. The average molecular weight is 643 g/mol. The molecule has 10 rings (SSSR count). The number of hydrogen-bond acceptors (Lipinski definition) is 1. The van der Waals surface area contributed by atoms with E-state index in [1.165, 1.54) is 83.4 Å². The number of anilines is 3. The van der Waals surface area contributed by atoms with Crippen LogP contribution in [0.4, 0.5) is 17.1 Å². The highest BCUT2D eigenvalue weighted by Crippen LogP contribution is 2.54. The molecule has 0 atom stereocenters. The van der Waals surface area contributed by atoms with Gasteiger partial charge >= 0.3 is 0 Å². The maximum atomic E-state index is 2.52. The minimum absolute atomic E-state index is 0.107. The Hall–Kier alpha value is -5.86. The van der Waals surface area contributed by atoms with Gasteiger partial charge in [0.2, 0.25) is 0 Å². The molecule has 0 amide bonds. The summed E-state index contributed by atoms with van der Waals surface area (Å²) in [6.07, 6.45) is 0. The summed E-state index contributed by atoms with van der Waals surface area (Å²) in [5, 5.41) is 2.49. The second-order valence-electron chi connectivity index (χ2n) is 15.0. The molecule has 1 heterocycles. The van der Waals surface area contributed by atoms with Crippen LogP contribution in [0, 0.1) is 0 Å². The largest absolute Gasteiger partial charge is 0.310 e. The Morgan fingerprint density at radius 3 is 1.54 bits per heavy atom. The van der Waals surface area contributed by atoms with Crippen LogP contribution >= 0.6 is 0 Å². The number of nitrogens with zero attached hydrogens (tertiary/aromatic N) is 2. The lowest BCUT2D eigenvalue weighted by Crippen LogP contribution is -2.18. The van der Waals surface area contributed by atoms with E-state index in [9.17, 15) is 0 Å². The van der Waals surface area contributed by atoms with Gasteiger partial charge < -0.3 is 9.47 Å². The summed E-state index contributed by atoms with van der Waals surface area (Å²) in [6, 6.07) is 58.5. The first-order valence-corrected chi connectivity index (χ1v) is 17.7. The van der Waals surface area contributed by atoms with E-state index < -0.39 is 0 Å². The summed E-state index contributed by atoms with van der Waals surface area (Å²) in [7, 11) is 0. The quantitative estimate of drug-likeness (QED) is 0.185. The maximum absolute atomic E-state index is 2.52. The molecule has 50 heavy (non-hydrogen) atoms. The molecule has 0 aliphatic heterocycles. The van der Waals surface area contributed by atoms with E-state index in [1.54, 1.807) is 0 Å². The fourth-order valence-electron chi connectivity index (χ4n) is 9.13. The molecule has 8 aromatic rings. The number of aromatic nitrogens is 1. The third-order valence-corrected chi connectivity index (χ3v) is 11.6. The topological polar surface area (TPSA) is 8.17 Å². The van der Waals surface area contributed by atoms with Gasteiger partial charge in [-0.15, -0.1) is 0 Å². The number of benzene rings is 7. The normalized spacial score (nSPS) is 14.7. The van der Waals surface area contributed by atoms with E-state index in [0.717, 1.165) is 5.69 Å². The predicted molar refractivity (Wildman–Crippen MR) is 211 cm³/mol. The molecule has 0 radical (unpaired) electrons. The van der Waals surface area contributed by atoms with Crippen molar-refractivity contribution in [1.82, 2.24) is 4.57 Å². The highest BCUT2D eigenvalue weighted by atomic mass is 15.1. The lowest BCUT2D eigenvalue weighted by atomic mass is 9.82. The van der Waals surface area contributed by atoms with E-state index in [0.29, 0.717) is 0 Å². The van der Waals surface area contributed by atoms with Crippen molar-refractivity contribution in [1.29, 1.82) is 0 Å². The Kier molecular flexibility index (Phi) is 6.01. The zero-order valence-electron chi connectivity index (χ0n) is 28.9. The van der Waals surface area contributed by atoms with Crippen molar-refractivity contribution in [3.8, 4) is 27.9 Å². The summed E-state index contributed by atoms with van der Waals surface area (Å²) >= 11 is 0. The monoisotopic (exact) mass is 642 g/mol. The Labute approximate surface area is 293 Å². The van der Waals surface area contributed by atoms with Gasteiger partial charge in [0.15, 0.2) is 0 Å². The van der Waals surface area contributed by atoms with Crippen LogP contribution in [0.3, 0.4) is 0 Å². The average Bonchev–Trinajstić information content (AvgIpc) is 3.70. The summed E-state index contributed by atoms with van der Waals surface area (Å²) in [5.41, 5.74) is 17.7. The van der Waals surface area contributed by atoms with Crippen molar-refractivity contribution in [2.24, 2.45) is 0 Å². The molecule has 2 nitrogen and oxygen atoms in total. The fraction of sp³-hybridized carbons (Fsp3) is 0.125. The van der Waals surface area contributed by atoms with E-state index >= 15 is 0 Å². The molecule has 0 saturated carbocycles. The SMILES string of the molecule is CC1(C)c2ccccc2-c2ccc(N(c3ccc4c(c3)C(C)(C)c3ccccc3-4)c3cccc4c3c3ccccc3n4-c3ccccc3)cc21. The molecule has 0 N–H and O–H groups in total. The zero-order chi connectivity index (χ0) is 33.8. The smallest absolute Gasteiger partial charge is 0.0562 e. The Morgan fingerprint density at radius 2 is 0.920 bits per heavy atom. The third-order valence-electron chi connectivity index (χ3n) is 11.6. The molecule has 0 spiro atoms. The molecule has 0 unspecified atom stereocenters. The van der Waals surface area contributed by atoms with Gasteiger partial charge in [-0.1, -0.05) is 131 Å². The van der Waals surface area contributed by atoms with Crippen LogP contribution in [0.5, 0.6) is 0 Å². The Morgan fingerprint density at radius 1 is 0.420 bits per heavy atom. The number of fused-ring (bicyclic) bond motifs is 9. The van der Waals surface area contributed by atoms with Gasteiger partial charge in [-0.25, -0.2) is 0 Å². The zero-order valence-corrected chi connectivity index (χ0v) is 28.9. The van der Waals surface area contributed by atoms with Crippen molar-refractivity contribution >= 4 is 38.9 Å². The molecule has 2 heteroatoms. The molecule has 7 aromatic carbocycles. The van der Waals surface area contributed by atoms with Gasteiger partial charge in [-0.05, 0) is 99.1 Å². The fourth-order valence-corrected chi connectivity index (χ4v) is 9.13. The van der Waals surface area contributed by atoms with Gasteiger partial charge in [-0.2, -0.15) is 0 Å². The van der Waals surface area contributed by atoms with Gasteiger partial charge in [0.1, 0.15) is 0 Å². The van der Waals surface area contributed by atoms with Crippen molar-refractivity contribution in [3.63, 3.8) is 0 Å². The molecule has 0 fully saturated rings. The highest BCUT2D eigenvalue weighted by molar-refractivity contribution is 6.16. The number of rotatable bonds is 4. The lowest BCUT2D eigenvalue weighted by molar-refractivity contribution is 0.660. The van der Waals surface area contributed by atoms with Crippen molar-refractivity contribution in [2.45, 2.75) is 38.5 Å². The summed E-state index contributed by atoms with van der Waals surface area (Å²) in [5.74, 6) is 0. The molecular formula is C48H38N2. The van der Waals surface area contributed by atoms with Crippen molar-refractivity contribution in [3.05, 3.63) is 180 Å². The maximum Gasteiger partial charge on any atom is 0.0562 e. The van der Waals surface area contributed by atoms with Gasteiger partial charge in [0.05, 0.1) is 16.7 Å². The van der Waals surface area contributed by atoms with Crippen LogP contribution < -0.4 is 4.90 Å². The van der Waals surface area contributed by atoms with E-state index in [1.807, 2.05) is 0 Å². The van der Waals surface area contributed by atoms with E-state index in [-0.39, 0.29) is 10.8 Å². The van der Waals surface area contributed by atoms with Crippen molar-refractivity contribution in [2.75, 3.05) is 4.90 Å². The molecule has 0 saturated heterocycles. The van der Waals surface area contributed by atoms with E-state index in [4.69, 9.17) is 0 Å². The Balaban J connectivity index is 1.27. The first-order chi connectivity index (χ1) is 24.3. The van der Waals surface area contributed by atoms with Crippen LogP contribution in [-0.2, 0) is 10.8 Å². The number of para-hydroxylation sites is 2. The summed E-state index contributed by atoms with van der Waals surface area (Å²) in [4.78, 5) is 2.52. The second kappa shape index (κ2) is 10.3. The van der Waals surface area contributed by atoms with Gasteiger partial charge in [0, 0.05) is 38.7 Å². The van der Waals surface area contributed by atoms with Crippen molar-refractivity contribution < 1.29 is 0 Å². The molecule has 1 aromatic heterocycles. The van der Waals surface area contributed by atoms with E-state index in [2.05, 4.69) is 195 Å². The predicted octanol–water partition coefficient (Wildman–Crippen LogP) is 12.9. The van der Waals surface area contributed by atoms with Gasteiger partial charge in [-0.3, -0.25) is 0 Å². The minimum atomic E-state index is -0.107. The second-order valence-corrected chi connectivity index (χ2v) is 15.0. The van der Waals surface area contributed by atoms with Crippen LogP contribution in [0.1, 0.15) is 49.9 Å². The first kappa shape index (κ1) is 29.1. The standard InChI is InChI=1S/C48H38N2/c1-47(2)39-20-11-8-17-34(39)36-27-25-32(29-41(36)47)49(33-26-28-37-35-18-9-12-21-40(35)48(3,4)42(37)30-33)44-23-14-24-45-46(44)38-19-10-13-22-43(38)50(45)31-15-6-5-7-16-31/h5-30H,1-4H3. The van der Waals surface area contributed by atoms with Crippen LogP contribution in [0.25, 0.3) is 49.7 Å². The molecule has 240 valence electrons. The van der Waals surface area contributed by atoms with Gasteiger partial charge in [0.25, 0.3) is 0 Å². The van der Waals surface area contributed by atoms with Crippen LogP contribution in [-0.4, -0.2) is 4.57 Å². The first-order valence-electron chi connectivity index (χ1n) is 17.7. The van der Waals surface area contributed by atoms with Crippen LogP contribution in [0.15, 0.2) is 158 Å². The summed E-state index contributed by atoms with van der Waals surface area (Å²) in [6.45, 7) is 9.48. The molecule has 0 bridgehead atoms.